The topological polar surface area (TPSA) is 12.0 Å². The third kappa shape index (κ3) is 4.24. The lowest BCUT2D eigenvalue weighted by atomic mass is 9.89. The van der Waals surface area contributed by atoms with Crippen LogP contribution in [0.3, 0.4) is 0 Å². The van der Waals surface area contributed by atoms with Crippen LogP contribution in [0.4, 0.5) is 5.69 Å². The lowest BCUT2D eigenvalue weighted by molar-refractivity contribution is 0.341. The molecule has 1 aliphatic carbocycles. The highest BCUT2D eigenvalue weighted by atomic mass is 79.9. The quantitative estimate of drug-likeness (QED) is 0.696. The van der Waals surface area contributed by atoms with E-state index in [4.69, 9.17) is 0 Å². The SMILES string of the molecule is Cc1cc(NC2CCCC(C(C)C)CC2)ccc1Br. The number of halogens is 1. The van der Waals surface area contributed by atoms with Crippen LogP contribution < -0.4 is 5.32 Å². The summed E-state index contributed by atoms with van der Waals surface area (Å²) < 4.78 is 1.19. The summed E-state index contributed by atoms with van der Waals surface area (Å²) in [6.45, 7) is 6.89. The van der Waals surface area contributed by atoms with Crippen LogP contribution in [0.1, 0.15) is 51.5 Å². The summed E-state index contributed by atoms with van der Waals surface area (Å²) in [5.41, 5.74) is 2.58. The van der Waals surface area contributed by atoms with E-state index in [1.807, 2.05) is 0 Å². The van der Waals surface area contributed by atoms with Gasteiger partial charge in [0.25, 0.3) is 0 Å². The largest absolute Gasteiger partial charge is 0.382 e. The summed E-state index contributed by atoms with van der Waals surface area (Å²) >= 11 is 3.56. The molecule has 0 amide bonds. The van der Waals surface area contributed by atoms with Crippen LogP contribution in [0.25, 0.3) is 0 Å². The fraction of sp³-hybridized carbons (Fsp3) is 0.647. The van der Waals surface area contributed by atoms with E-state index in [0.29, 0.717) is 6.04 Å². The fourth-order valence-electron chi connectivity index (χ4n) is 3.11. The summed E-state index contributed by atoms with van der Waals surface area (Å²) in [4.78, 5) is 0. The highest BCUT2D eigenvalue weighted by Crippen LogP contribution is 2.30. The number of anilines is 1. The molecule has 1 aromatic carbocycles. The van der Waals surface area contributed by atoms with E-state index in [2.05, 4.69) is 60.2 Å². The van der Waals surface area contributed by atoms with Crippen molar-refractivity contribution in [3.63, 3.8) is 0 Å². The molecule has 1 aromatic rings. The summed E-state index contributed by atoms with van der Waals surface area (Å²) in [5.74, 6) is 1.77. The second-order valence-corrected chi connectivity index (χ2v) is 7.17. The van der Waals surface area contributed by atoms with Crippen LogP contribution in [0.2, 0.25) is 0 Å². The molecule has 0 radical (unpaired) electrons. The standard InChI is InChI=1S/C17H26BrN/c1-12(2)14-5-4-6-15(8-7-14)19-16-9-10-17(18)13(3)11-16/h9-12,14-15,19H,4-8H2,1-3H3. The summed E-state index contributed by atoms with van der Waals surface area (Å²) in [5, 5.41) is 3.73. The van der Waals surface area contributed by atoms with Crippen LogP contribution in [0.5, 0.6) is 0 Å². The van der Waals surface area contributed by atoms with Gasteiger partial charge in [-0.05, 0) is 61.8 Å². The number of aryl methyl sites for hydroxylation is 1. The Morgan fingerprint density at radius 1 is 1.16 bits per heavy atom. The first-order valence-electron chi connectivity index (χ1n) is 7.59. The van der Waals surface area contributed by atoms with Crippen molar-refractivity contribution in [1.29, 1.82) is 0 Å². The van der Waals surface area contributed by atoms with Gasteiger partial charge >= 0.3 is 0 Å². The number of rotatable bonds is 3. The zero-order valence-corrected chi connectivity index (χ0v) is 14.0. The Kier molecular flexibility index (Phi) is 5.32. The molecule has 19 heavy (non-hydrogen) atoms. The van der Waals surface area contributed by atoms with E-state index < -0.39 is 0 Å². The Hall–Kier alpha value is -0.500. The maximum Gasteiger partial charge on any atom is 0.0345 e. The molecule has 0 spiro atoms. The van der Waals surface area contributed by atoms with E-state index in [9.17, 15) is 0 Å². The van der Waals surface area contributed by atoms with Crippen molar-refractivity contribution >= 4 is 21.6 Å². The van der Waals surface area contributed by atoms with Crippen LogP contribution in [0, 0.1) is 18.8 Å². The minimum atomic E-state index is 0.657. The lowest BCUT2D eigenvalue weighted by Gasteiger charge is -2.20. The predicted octanol–water partition coefficient (Wildman–Crippen LogP) is 5.77. The highest BCUT2D eigenvalue weighted by Gasteiger charge is 2.20. The average Bonchev–Trinajstić information content (AvgIpc) is 2.59. The first-order valence-corrected chi connectivity index (χ1v) is 8.38. The molecule has 106 valence electrons. The molecular formula is C17H26BrN. The van der Waals surface area contributed by atoms with Gasteiger partial charge in [0.2, 0.25) is 0 Å². The Bertz CT molecular complexity index is 414. The second kappa shape index (κ2) is 6.78. The van der Waals surface area contributed by atoms with Gasteiger partial charge in [0.1, 0.15) is 0 Å². The maximum atomic E-state index is 3.73. The van der Waals surface area contributed by atoms with Crippen molar-refractivity contribution in [2.24, 2.45) is 11.8 Å². The Morgan fingerprint density at radius 2 is 1.95 bits per heavy atom. The van der Waals surface area contributed by atoms with Gasteiger partial charge in [-0.25, -0.2) is 0 Å². The molecule has 0 heterocycles. The molecular weight excluding hydrogens is 298 g/mol. The summed E-state index contributed by atoms with van der Waals surface area (Å²) in [6, 6.07) is 7.23. The van der Waals surface area contributed by atoms with Crippen molar-refractivity contribution in [2.75, 3.05) is 5.32 Å². The minimum Gasteiger partial charge on any atom is -0.382 e. The molecule has 2 atom stereocenters. The molecule has 2 rings (SSSR count). The first kappa shape index (κ1) is 14.9. The molecule has 1 nitrogen and oxygen atoms in total. The molecule has 2 unspecified atom stereocenters. The van der Waals surface area contributed by atoms with Crippen LogP contribution in [-0.2, 0) is 0 Å². The highest BCUT2D eigenvalue weighted by molar-refractivity contribution is 9.10. The minimum absolute atomic E-state index is 0.657. The van der Waals surface area contributed by atoms with Crippen molar-refractivity contribution in [2.45, 2.75) is 58.9 Å². The summed E-state index contributed by atoms with van der Waals surface area (Å²) in [6.07, 6.45) is 6.80. The zero-order valence-electron chi connectivity index (χ0n) is 12.4. The van der Waals surface area contributed by atoms with Crippen LogP contribution in [0.15, 0.2) is 22.7 Å². The lowest BCUT2D eigenvalue weighted by Crippen LogP contribution is -2.18. The zero-order chi connectivity index (χ0) is 13.8. The van der Waals surface area contributed by atoms with Gasteiger partial charge in [-0.3, -0.25) is 0 Å². The van der Waals surface area contributed by atoms with Crippen molar-refractivity contribution in [1.82, 2.24) is 0 Å². The molecule has 1 fully saturated rings. The number of benzene rings is 1. The number of hydrogen-bond acceptors (Lipinski definition) is 1. The Morgan fingerprint density at radius 3 is 2.63 bits per heavy atom. The molecule has 0 bridgehead atoms. The predicted molar refractivity (Wildman–Crippen MR) is 87.7 cm³/mol. The van der Waals surface area contributed by atoms with Gasteiger partial charge in [-0.1, -0.05) is 42.6 Å². The third-order valence-corrected chi connectivity index (χ3v) is 5.37. The van der Waals surface area contributed by atoms with E-state index >= 15 is 0 Å². The molecule has 1 N–H and O–H groups in total. The Balaban J connectivity index is 1.94. The molecule has 2 heteroatoms. The van der Waals surface area contributed by atoms with Crippen molar-refractivity contribution < 1.29 is 0 Å². The monoisotopic (exact) mass is 323 g/mol. The van der Waals surface area contributed by atoms with Crippen molar-refractivity contribution in [3.8, 4) is 0 Å². The fourth-order valence-corrected chi connectivity index (χ4v) is 3.36. The van der Waals surface area contributed by atoms with E-state index in [-0.39, 0.29) is 0 Å². The normalized spacial score (nSPS) is 24.3. The van der Waals surface area contributed by atoms with Gasteiger partial charge in [0.15, 0.2) is 0 Å². The first-order chi connectivity index (χ1) is 9.06. The van der Waals surface area contributed by atoms with E-state index in [0.717, 1.165) is 11.8 Å². The molecule has 0 saturated heterocycles. The Labute approximate surface area is 126 Å². The summed E-state index contributed by atoms with van der Waals surface area (Å²) in [7, 11) is 0. The van der Waals surface area contributed by atoms with E-state index in [1.54, 1.807) is 0 Å². The maximum absolute atomic E-state index is 3.73. The van der Waals surface area contributed by atoms with Crippen LogP contribution in [-0.4, -0.2) is 6.04 Å². The number of hydrogen-bond donors (Lipinski definition) is 1. The third-order valence-electron chi connectivity index (χ3n) is 4.48. The van der Waals surface area contributed by atoms with Gasteiger partial charge in [-0.2, -0.15) is 0 Å². The van der Waals surface area contributed by atoms with Gasteiger partial charge < -0.3 is 5.32 Å². The van der Waals surface area contributed by atoms with Gasteiger partial charge in [0.05, 0.1) is 0 Å². The smallest absolute Gasteiger partial charge is 0.0345 e. The van der Waals surface area contributed by atoms with Crippen LogP contribution >= 0.6 is 15.9 Å². The molecule has 1 saturated carbocycles. The van der Waals surface area contributed by atoms with Crippen molar-refractivity contribution in [3.05, 3.63) is 28.2 Å². The molecule has 0 aromatic heterocycles. The van der Waals surface area contributed by atoms with E-state index in [1.165, 1.54) is 47.8 Å². The second-order valence-electron chi connectivity index (χ2n) is 6.32. The average molecular weight is 324 g/mol. The van der Waals surface area contributed by atoms with Gasteiger partial charge in [-0.15, -0.1) is 0 Å². The molecule has 1 aliphatic rings. The number of nitrogens with one attached hydrogen (secondary N) is 1. The molecule has 0 aliphatic heterocycles. The van der Waals surface area contributed by atoms with Gasteiger partial charge in [0, 0.05) is 16.2 Å².